The molecule has 0 aliphatic carbocycles. The number of aliphatic hydroxyl groups is 3. The molecule has 3 N–H and O–H groups in total. The van der Waals surface area contributed by atoms with Gasteiger partial charge in [0, 0.05) is 17.0 Å². The zero-order valence-electron chi connectivity index (χ0n) is 16.2. The van der Waals surface area contributed by atoms with Crippen molar-refractivity contribution in [3.8, 4) is 11.5 Å². The molecule has 3 aliphatic rings. The second-order valence-corrected chi connectivity index (χ2v) is 8.48. The summed E-state index contributed by atoms with van der Waals surface area (Å²) >= 11 is 6.46. The van der Waals surface area contributed by atoms with Gasteiger partial charge in [0.1, 0.15) is 24.9 Å². The molecule has 0 spiro atoms. The van der Waals surface area contributed by atoms with Crippen molar-refractivity contribution in [3.05, 3.63) is 58.1 Å². The van der Waals surface area contributed by atoms with Crippen molar-refractivity contribution in [1.29, 1.82) is 0 Å². The lowest BCUT2D eigenvalue weighted by Gasteiger charge is -2.43. The third-order valence-electron chi connectivity index (χ3n) is 5.99. The topological polar surface area (TPSA) is 97.6 Å². The van der Waals surface area contributed by atoms with E-state index in [1.807, 2.05) is 24.3 Å². The molecule has 0 radical (unpaired) electrons. The summed E-state index contributed by atoms with van der Waals surface area (Å²) in [6.45, 7) is 0.816. The van der Waals surface area contributed by atoms with Gasteiger partial charge in [0.2, 0.25) is 5.79 Å². The number of fused-ring (bicyclic) bond motifs is 3. The summed E-state index contributed by atoms with van der Waals surface area (Å²) in [5.74, 6) is -0.131. The highest BCUT2D eigenvalue weighted by molar-refractivity contribution is 6.31. The van der Waals surface area contributed by atoms with Gasteiger partial charge in [-0.3, -0.25) is 0 Å². The average molecular weight is 435 g/mol. The zero-order valence-corrected chi connectivity index (χ0v) is 17.0. The first-order valence-electron chi connectivity index (χ1n) is 9.93. The van der Waals surface area contributed by atoms with E-state index >= 15 is 0 Å². The van der Waals surface area contributed by atoms with E-state index in [0.29, 0.717) is 36.0 Å². The van der Waals surface area contributed by atoms with Gasteiger partial charge in [-0.25, -0.2) is 0 Å². The molecule has 30 heavy (non-hydrogen) atoms. The number of benzene rings is 2. The Kier molecular flexibility index (Phi) is 4.93. The normalized spacial score (nSPS) is 32.3. The molecule has 2 fully saturated rings. The van der Waals surface area contributed by atoms with Crippen LogP contribution in [-0.2, 0) is 21.7 Å². The van der Waals surface area contributed by atoms with E-state index in [2.05, 4.69) is 0 Å². The number of ether oxygens (including phenoxy) is 4. The predicted octanol–water partition coefficient (Wildman–Crippen LogP) is 1.76. The van der Waals surface area contributed by atoms with Crippen molar-refractivity contribution in [3.63, 3.8) is 0 Å². The minimum Gasteiger partial charge on any atom is -0.486 e. The van der Waals surface area contributed by atoms with Gasteiger partial charge in [-0.2, -0.15) is 0 Å². The van der Waals surface area contributed by atoms with Crippen LogP contribution in [0.25, 0.3) is 0 Å². The van der Waals surface area contributed by atoms with Crippen LogP contribution in [0.4, 0.5) is 0 Å². The molecule has 3 aliphatic heterocycles. The molecule has 160 valence electrons. The van der Waals surface area contributed by atoms with Crippen LogP contribution >= 0.6 is 11.6 Å². The Hall–Kier alpha value is -1.87. The van der Waals surface area contributed by atoms with E-state index < -0.39 is 23.6 Å². The van der Waals surface area contributed by atoms with E-state index in [0.717, 1.165) is 16.9 Å². The SMILES string of the molecule is OC[C@@]12CO[C@@](c3ccc(Cl)c(Cc4ccc5c(c4)OCCO5)c3)(O1)[C@H](O)[C@@H](O)C2. The fourth-order valence-electron chi connectivity index (χ4n) is 4.41. The molecule has 2 bridgehead atoms. The molecular formula is C22H23ClO7. The molecule has 5 rings (SSSR count). The largest absolute Gasteiger partial charge is 0.486 e. The number of hydrogen-bond acceptors (Lipinski definition) is 7. The summed E-state index contributed by atoms with van der Waals surface area (Å²) in [5.41, 5.74) is 1.30. The summed E-state index contributed by atoms with van der Waals surface area (Å²) in [7, 11) is 0. The second-order valence-electron chi connectivity index (χ2n) is 8.08. The minimum atomic E-state index is -1.55. The van der Waals surface area contributed by atoms with Crippen LogP contribution in [-0.4, -0.2) is 59.6 Å². The van der Waals surface area contributed by atoms with Gasteiger partial charge < -0.3 is 34.3 Å². The van der Waals surface area contributed by atoms with Gasteiger partial charge in [-0.1, -0.05) is 23.7 Å². The van der Waals surface area contributed by atoms with Gasteiger partial charge in [-0.05, 0) is 41.8 Å². The highest BCUT2D eigenvalue weighted by atomic mass is 35.5. The molecule has 2 saturated heterocycles. The monoisotopic (exact) mass is 434 g/mol. The van der Waals surface area contributed by atoms with Crippen molar-refractivity contribution in [2.75, 3.05) is 26.4 Å². The van der Waals surface area contributed by atoms with Crippen LogP contribution in [0, 0.1) is 0 Å². The Morgan fingerprint density at radius 2 is 1.83 bits per heavy atom. The predicted molar refractivity (Wildman–Crippen MR) is 107 cm³/mol. The highest BCUT2D eigenvalue weighted by Crippen LogP contribution is 2.49. The fraction of sp³-hybridized carbons (Fsp3) is 0.455. The lowest BCUT2D eigenvalue weighted by Crippen LogP contribution is -2.57. The number of aliphatic hydroxyl groups excluding tert-OH is 3. The van der Waals surface area contributed by atoms with E-state index in [-0.39, 0.29) is 19.6 Å². The van der Waals surface area contributed by atoms with Gasteiger partial charge in [-0.15, -0.1) is 0 Å². The first-order chi connectivity index (χ1) is 14.4. The van der Waals surface area contributed by atoms with Crippen LogP contribution in [0.2, 0.25) is 5.02 Å². The van der Waals surface area contributed by atoms with E-state index in [1.165, 1.54) is 0 Å². The molecule has 0 aromatic heterocycles. The average Bonchev–Trinajstić information content (AvgIpc) is 3.11. The van der Waals surface area contributed by atoms with Gasteiger partial charge in [0.05, 0.1) is 19.3 Å². The Labute approximate surface area is 178 Å². The first-order valence-corrected chi connectivity index (χ1v) is 10.3. The van der Waals surface area contributed by atoms with Gasteiger partial charge >= 0.3 is 0 Å². The van der Waals surface area contributed by atoms with Crippen molar-refractivity contribution >= 4 is 11.6 Å². The van der Waals surface area contributed by atoms with Gasteiger partial charge in [0.25, 0.3) is 0 Å². The fourth-order valence-corrected chi connectivity index (χ4v) is 4.60. The summed E-state index contributed by atoms with van der Waals surface area (Å²) in [6.07, 6.45) is -1.75. The summed E-state index contributed by atoms with van der Waals surface area (Å²) in [5, 5.41) is 31.4. The van der Waals surface area contributed by atoms with Crippen molar-refractivity contribution in [1.82, 2.24) is 0 Å². The number of rotatable bonds is 4. The smallest absolute Gasteiger partial charge is 0.225 e. The summed E-state index contributed by atoms with van der Waals surface area (Å²) in [4.78, 5) is 0. The Balaban J connectivity index is 1.48. The lowest BCUT2D eigenvalue weighted by molar-refractivity contribution is -0.302. The quantitative estimate of drug-likeness (QED) is 0.674. The van der Waals surface area contributed by atoms with Crippen LogP contribution in [0.15, 0.2) is 36.4 Å². The van der Waals surface area contributed by atoms with Crippen molar-refractivity contribution in [2.45, 2.75) is 36.4 Å². The molecule has 8 heteroatoms. The molecule has 2 aromatic carbocycles. The molecule has 0 saturated carbocycles. The lowest BCUT2D eigenvalue weighted by atomic mass is 9.86. The Morgan fingerprint density at radius 3 is 2.63 bits per heavy atom. The van der Waals surface area contributed by atoms with E-state index in [9.17, 15) is 15.3 Å². The molecule has 0 amide bonds. The first kappa shape index (κ1) is 20.1. The third kappa shape index (κ3) is 3.17. The Morgan fingerprint density at radius 1 is 1.03 bits per heavy atom. The van der Waals surface area contributed by atoms with E-state index in [1.54, 1.807) is 12.1 Å². The third-order valence-corrected chi connectivity index (χ3v) is 6.36. The minimum absolute atomic E-state index is 0.0811. The standard InChI is InChI=1S/C22H23ClO7/c23-16-3-2-15(22-20(26)17(25)10-21(11-24,30-22)12-29-22)9-14(16)7-13-1-4-18-19(8-13)28-6-5-27-18/h1-4,8-9,17,20,24-26H,5-7,10-12H2/t17-,20+,21-,22-/m0/s1. The van der Waals surface area contributed by atoms with Crippen molar-refractivity contribution < 1.29 is 34.3 Å². The molecule has 3 heterocycles. The van der Waals surface area contributed by atoms with E-state index in [4.69, 9.17) is 30.5 Å². The van der Waals surface area contributed by atoms with Gasteiger partial charge in [0.15, 0.2) is 11.5 Å². The van der Waals surface area contributed by atoms with Crippen LogP contribution < -0.4 is 9.47 Å². The molecule has 2 aromatic rings. The van der Waals surface area contributed by atoms with Crippen LogP contribution in [0.1, 0.15) is 23.1 Å². The molecule has 0 unspecified atom stereocenters. The molecule has 4 atom stereocenters. The number of halogens is 1. The molecular weight excluding hydrogens is 412 g/mol. The van der Waals surface area contributed by atoms with Crippen LogP contribution in [0.3, 0.4) is 0 Å². The zero-order chi connectivity index (χ0) is 20.9. The maximum Gasteiger partial charge on any atom is 0.225 e. The maximum absolute atomic E-state index is 10.7. The highest BCUT2D eigenvalue weighted by Gasteiger charge is 2.62. The second kappa shape index (κ2) is 7.37. The maximum atomic E-state index is 10.7. The summed E-state index contributed by atoms with van der Waals surface area (Å²) < 4.78 is 23.1. The molecule has 7 nitrogen and oxygen atoms in total. The summed E-state index contributed by atoms with van der Waals surface area (Å²) in [6, 6.07) is 11.0. The Bertz CT molecular complexity index is 966. The van der Waals surface area contributed by atoms with Crippen molar-refractivity contribution in [2.24, 2.45) is 0 Å². The number of hydrogen-bond donors (Lipinski definition) is 3. The van der Waals surface area contributed by atoms with Crippen LogP contribution in [0.5, 0.6) is 11.5 Å².